The molecule has 1 saturated heterocycles. The summed E-state index contributed by atoms with van der Waals surface area (Å²) in [7, 11) is 0. The van der Waals surface area contributed by atoms with Gasteiger partial charge < -0.3 is 5.11 Å². The van der Waals surface area contributed by atoms with Crippen LogP contribution >= 0.6 is 47.3 Å². The smallest absolute Gasteiger partial charge is 0.326 e. The van der Waals surface area contributed by atoms with Crippen molar-refractivity contribution in [3.63, 3.8) is 0 Å². The topological polar surface area (TPSA) is 70.5 Å². The molecule has 1 aliphatic heterocycles. The summed E-state index contributed by atoms with van der Waals surface area (Å²) in [5, 5.41) is 10.9. The highest BCUT2D eigenvalue weighted by Gasteiger charge is 2.40. The molecular formula is C18H15ClN2O3S3. The highest BCUT2D eigenvalue weighted by Crippen LogP contribution is 2.35. The molecule has 1 aromatic heterocycles. The van der Waals surface area contributed by atoms with Gasteiger partial charge in [-0.25, -0.2) is 9.78 Å². The van der Waals surface area contributed by atoms with Crippen LogP contribution in [0.25, 0.3) is 17.0 Å². The van der Waals surface area contributed by atoms with E-state index in [0.29, 0.717) is 33.3 Å². The third kappa shape index (κ3) is 4.29. The van der Waals surface area contributed by atoms with Crippen molar-refractivity contribution in [2.45, 2.75) is 12.5 Å². The Labute approximate surface area is 175 Å². The molecule has 1 N–H and O–H groups in total. The number of hydrogen-bond donors (Lipinski definition) is 1. The number of amides is 1. The highest BCUT2D eigenvalue weighted by atomic mass is 35.5. The van der Waals surface area contributed by atoms with Crippen LogP contribution in [0, 0.1) is 0 Å². The predicted molar refractivity (Wildman–Crippen MR) is 116 cm³/mol. The average Bonchev–Trinajstić information content (AvgIpc) is 2.90. The van der Waals surface area contributed by atoms with E-state index in [1.807, 2.05) is 24.5 Å². The third-order valence-electron chi connectivity index (χ3n) is 3.99. The van der Waals surface area contributed by atoms with Gasteiger partial charge in [-0.1, -0.05) is 53.8 Å². The molecule has 2 aromatic rings. The van der Waals surface area contributed by atoms with Crippen molar-refractivity contribution in [2.24, 2.45) is 0 Å². The number of hydrogen-bond acceptors (Lipinski definition) is 6. The lowest BCUT2D eigenvalue weighted by Gasteiger charge is -2.22. The highest BCUT2D eigenvalue weighted by molar-refractivity contribution is 8.26. The van der Waals surface area contributed by atoms with Crippen molar-refractivity contribution < 1.29 is 14.7 Å². The van der Waals surface area contributed by atoms with Crippen molar-refractivity contribution in [1.29, 1.82) is 0 Å². The number of carbonyl (C=O) groups is 2. The second-order valence-electron chi connectivity index (χ2n) is 5.73. The monoisotopic (exact) mass is 438 g/mol. The molecule has 0 aliphatic carbocycles. The standard InChI is InChI=1S/C18H15ClN2O3S3/c1-26-8-7-13(17(23)24)21-16(22)14(27-18(21)25)9-11-6-5-10-3-2-4-12(19)15(10)20-11/h2-6,9,13H,7-8H2,1H3,(H,23,24)/b14-9-/t13-/m1/s1. The van der Waals surface area contributed by atoms with Gasteiger partial charge in [0.15, 0.2) is 0 Å². The van der Waals surface area contributed by atoms with Crippen molar-refractivity contribution in [2.75, 3.05) is 12.0 Å². The van der Waals surface area contributed by atoms with Crippen LogP contribution in [0.1, 0.15) is 12.1 Å². The van der Waals surface area contributed by atoms with E-state index >= 15 is 0 Å². The Hall–Kier alpha value is -1.61. The quantitative estimate of drug-likeness (QED) is 0.532. The lowest BCUT2D eigenvalue weighted by molar-refractivity contribution is -0.145. The van der Waals surface area contributed by atoms with Gasteiger partial charge >= 0.3 is 5.97 Å². The number of pyridine rings is 1. The maximum Gasteiger partial charge on any atom is 0.326 e. The maximum atomic E-state index is 12.8. The molecule has 3 rings (SSSR count). The Balaban J connectivity index is 1.92. The number of para-hydroxylation sites is 1. The molecule has 9 heteroatoms. The van der Waals surface area contributed by atoms with Crippen LogP contribution in [0.4, 0.5) is 0 Å². The van der Waals surface area contributed by atoms with E-state index in [1.54, 1.807) is 18.2 Å². The van der Waals surface area contributed by atoms with Crippen LogP contribution in [-0.4, -0.2) is 49.2 Å². The van der Waals surface area contributed by atoms with Gasteiger partial charge in [0.1, 0.15) is 10.4 Å². The fraction of sp³-hybridized carbons (Fsp3) is 0.222. The molecule has 2 heterocycles. The number of carbonyl (C=O) groups excluding carboxylic acids is 1. The van der Waals surface area contributed by atoms with Gasteiger partial charge in [0.25, 0.3) is 5.91 Å². The summed E-state index contributed by atoms with van der Waals surface area (Å²) in [6, 6.07) is 8.20. The number of aliphatic carboxylic acids is 1. The van der Waals surface area contributed by atoms with Gasteiger partial charge in [-0.05, 0) is 36.6 Å². The summed E-state index contributed by atoms with van der Waals surface area (Å²) in [6.45, 7) is 0. The number of nitrogens with zero attached hydrogens (tertiary/aromatic N) is 2. The van der Waals surface area contributed by atoms with Crippen LogP contribution in [0.2, 0.25) is 5.02 Å². The first-order chi connectivity index (χ1) is 12.9. The second-order valence-corrected chi connectivity index (χ2v) is 8.80. The predicted octanol–water partition coefficient (Wildman–Crippen LogP) is 4.30. The molecule has 1 aliphatic rings. The van der Waals surface area contributed by atoms with Crippen LogP contribution in [0.5, 0.6) is 0 Å². The summed E-state index contributed by atoms with van der Waals surface area (Å²) >= 11 is 14.1. The van der Waals surface area contributed by atoms with Gasteiger partial charge in [0, 0.05) is 5.39 Å². The number of rotatable bonds is 6. The minimum atomic E-state index is -1.06. The molecule has 0 bridgehead atoms. The third-order valence-corrected chi connectivity index (χ3v) is 6.27. The molecule has 1 atom stereocenters. The molecule has 140 valence electrons. The number of benzene rings is 1. The first kappa shape index (κ1) is 20.1. The number of carboxylic acids is 1. The minimum absolute atomic E-state index is 0.249. The molecule has 5 nitrogen and oxygen atoms in total. The molecule has 1 amide bonds. The lowest BCUT2D eigenvalue weighted by atomic mass is 10.2. The Bertz CT molecular complexity index is 964. The van der Waals surface area contributed by atoms with Gasteiger partial charge in [0.05, 0.1) is 21.1 Å². The van der Waals surface area contributed by atoms with Crippen molar-refractivity contribution in [3.8, 4) is 0 Å². The van der Waals surface area contributed by atoms with Gasteiger partial charge in [-0.2, -0.15) is 11.8 Å². The molecule has 0 saturated carbocycles. The summed E-state index contributed by atoms with van der Waals surface area (Å²) in [5.74, 6) is -0.839. The molecule has 27 heavy (non-hydrogen) atoms. The lowest BCUT2D eigenvalue weighted by Crippen LogP contribution is -2.44. The van der Waals surface area contributed by atoms with Gasteiger partial charge in [0.2, 0.25) is 0 Å². The molecule has 0 unspecified atom stereocenters. The summed E-state index contributed by atoms with van der Waals surface area (Å²) in [4.78, 5) is 30.4. The zero-order valence-corrected chi connectivity index (χ0v) is 17.4. The number of thioether (sulfide) groups is 2. The Morgan fingerprint density at radius 2 is 2.22 bits per heavy atom. The minimum Gasteiger partial charge on any atom is -0.480 e. The summed E-state index contributed by atoms with van der Waals surface area (Å²) in [6.07, 6.45) is 3.84. The van der Waals surface area contributed by atoms with Crippen LogP contribution in [-0.2, 0) is 9.59 Å². The van der Waals surface area contributed by atoms with E-state index in [2.05, 4.69) is 4.98 Å². The van der Waals surface area contributed by atoms with E-state index in [-0.39, 0.29) is 4.32 Å². The number of thiocarbonyl (C=S) groups is 1. The van der Waals surface area contributed by atoms with Crippen LogP contribution < -0.4 is 0 Å². The largest absolute Gasteiger partial charge is 0.480 e. The van der Waals surface area contributed by atoms with E-state index in [0.717, 1.165) is 17.1 Å². The zero-order chi connectivity index (χ0) is 19.6. The molecule has 0 radical (unpaired) electrons. The molecular weight excluding hydrogens is 424 g/mol. The van der Waals surface area contributed by atoms with Crippen LogP contribution in [0.15, 0.2) is 35.2 Å². The number of carboxylic acid groups (broad SMARTS) is 1. The van der Waals surface area contributed by atoms with E-state index < -0.39 is 17.9 Å². The number of halogens is 1. The van der Waals surface area contributed by atoms with Crippen molar-refractivity contribution in [3.05, 3.63) is 46.0 Å². The first-order valence-corrected chi connectivity index (χ1v) is 11.0. The van der Waals surface area contributed by atoms with E-state index in [4.69, 9.17) is 23.8 Å². The number of fused-ring (bicyclic) bond motifs is 1. The summed E-state index contributed by atoms with van der Waals surface area (Å²) in [5.41, 5.74) is 1.21. The average molecular weight is 439 g/mol. The fourth-order valence-corrected chi connectivity index (χ4v) is 4.71. The number of aromatic nitrogens is 1. The summed E-state index contributed by atoms with van der Waals surface area (Å²) < 4.78 is 0.249. The molecule has 0 spiro atoms. The zero-order valence-electron chi connectivity index (χ0n) is 14.2. The van der Waals surface area contributed by atoms with Crippen LogP contribution in [0.3, 0.4) is 0 Å². The molecule has 1 aromatic carbocycles. The molecule has 1 fully saturated rings. The Morgan fingerprint density at radius 1 is 1.44 bits per heavy atom. The van der Waals surface area contributed by atoms with Crippen molar-refractivity contribution >= 4 is 80.5 Å². The Kier molecular flexibility index (Phi) is 6.41. The first-order valence-electron chi connectivity index (χ1n) is 7.96. The SMILES string of the molecule is CSCC[C@H](C(=O)O)N1C(=O)/C(=C/c2ccc3cccc(Cl)c3n2)SC1=S. The van der Waals surface area contributed by atoms with Gasteiger partial charge in [-0.3, -0.25) is 9.69 Å². The van der Waals surface area contributed by atoms with Gasteiger partial charge in [-0.15, -0.1) is 0 Å². The van der Waals surface area contributed by atoms with Crippen molar-refractivity contribution in [1.82, 2.24) is 9.88 Å². The maximum absolute atomic E-state index is 12.8. The second kappa shape index (κ2) is 8.60. The fourth-order valence-electron chi connectivity index (χ4n) is 2.68. The van der Waals surface area contributed by atoms with E-state index in [1.165, 1.54) is 16.7 Å². The normalized spacial score (nSPS) is 17.1. The van der Waals surface area contributed by atoms with E-state index in [9.17, 15) is 14.7 Å². The Morgan fingerprint density at radius 3 is 2.93 bits per heavy atom.